The maximum Gasteiger partial charge on any atom is 0.227 e. The first-order valence-corrected chi connectivity index (χ1v) is 7.39. The van der Waals surface area contributed by atoms with Crippen molar-refractivity contribution in [3.05, 3.63) is 65.7 Å². The summed E-state index contributed by atoms with van der Waals surface area (Å²) in [5.41, 5.74) is 2.38. The van der Waals surface area contributed by atoms with E-state index in [1.165, 1.54) is 0 Å². The zero-order chi connectivity index (χ0) is 15.8. The number of hydrogen-bond acceptors (Lipinski definition) is 3. The summed E-state index contributed by atoms with van der Waals surface area (Å²) < 4.78 is 5.39. The maximum absolute atomic E-state index is 12.1. The van der Waals surface area contributed by atoms with E-state index in [-0.39, 0.29) is 12.3 Å². The first-order valence-electron chi connectivity index (χ1n) is 7.39. The lowest BCUT2D eigenvalue weighted by Crippen LogP contribution is -2.16. The van der Waals surface area contributed by atoms with Gasteiger partial charge in [0, 0.05) is 17.9 Å². The first-order chi connectivity index (χ1) is 10.7. The van der Waals surface area contributed by atoms with Crippen molar-refractivity contribution in [2.75, 3.05) is 11.9 Å². The Labute approximate surface area is 130 Å². The number of carbonyl (C=O) groups is 1. The van der Waals surface area contributed by atoms with Crippen LogP contribution in [0.15, 0.2) is 54.6 Å². The second-order valence-electron chi connectivity index (χ2n) is 4.97. The van der Waals surface area contributed by atoms with Crippen LogP contribution in [0.1, 0.15) is 30.6 Å². The van der Waals surface area contributed by atoms with E-state index in [4.69, 9.17) is 4.74 Å². The van der Waals surface area contributed by atoms with Gasteiger partial charge in [-0.25, -0.2) is 0 Å². The van der Waals surface area contributed by atoms with Crippen molar-refractivity contribution in [2.45, 2.75) is 26.1 Å². The van der Waals surface area contributed by atoms with Gasteiger partial charge in [-0.15, -0.1) is 0 Å². The molecule has 0 aliphatic heterocycles. The Hall–Kier alpha value is -2.17. The fourth-order valence-electron chi connectivity index (χ4n) is 2.15. The van der Waals surface area contributed by atoms with E-state index < -0.39 is 6.10 Å². The second kappa shape index (κ2) is 8.32. The largest absolute Gasteiger partial charge is 0.388 e. The molecular formula is C18H21NO3. The number of benzene rings is 2. The molecule has 4 nitrogen and oxygen atoms in total. The third-order valence-electron chi connectivity index (χ3n) is 3.32. The molecule has 4 heteroatoms. The van der Waals surface area contributed by atoms with Crippen LogP contribution in [0.25, 0.3) is 0 Å². The molecular weight excluding hydrogens is 278 g/mol. The number of amides is 1. The molecule has 2 aromatic carbocycles. The molecule has 0 bridgehead atoms. The van der Waals surface area contributed by atoms with E-state index >= 15 is 0 Å². The van der Waals surface area contributed by atoms with Gasteiger partial charge < -0.3 is 15.2 Å². The highest BCUT2D eigenvalue weighted by atomic mass is 16.5. The highest BCUT2D eigenvalue weighted by molar-refractivity contribution is 5.91. The van der Waals surface area contributed by atoms with Gasteiger partial charge in [0.1, 0.15) is 0 Å². The van der Waals surface area contributed by atoms with Crippen molar-refractivity contribution in [1.29, 1.82) is 0 Å². The molecule has 2 N–H and O–H groups in total. The zero-order valence-corrected chi connectivity index (χ0v) is 12.7. The van der Waals surface area contributed by atoms with Gasteiger partial charge in [-0.2, -0.15) is 0 Å². The van der Waals surface area contributed by atoms with Crippen LogP contribution < -0.4 is 5.32 Å². The SMILES string of the molecule is CCOCc1ccccc1NC(=O)CC(O)c1ccccc1. The molecule has 1 unspecified atom stereocenters. The van der Waals surface area contributed by atoms with Crippen molar-refractivity contribution < 1.29 is 14.6 Å². The fraction of sp³-hybridized carbons (Fsp3) is 0.278. The van der Waals surface area contributed by atoms with Gasteiger partial charge in [-0.1, -0.05) is 48.5 Å². The van der Waals surface area contributed by atoms with E-state index in [1.807, 2.05) is 49.4 Å². The smallest absolute Gasteiger partial charge is 0.227 e. The van der Waals surface area contributed by atoms with Crippen molar-refractivity contribution >= 4 is 11.6 Å². The zero-order valence-electron chi connectivity index (χ0n) is 12.7. The van der Waals surface area contributed by atoms with Crippen molar-refractivity contribution in [3.8, 4) is 0 Å². The first kappa shape index (κ1) is 16.2. The summed E-state index contributed by atoms with van der Waals surface area (Å²) in [7, 11) is 0. The lowest BCUT2D eigenvalue weighted by atomic mass is 10.1. The maximum atomic E-state index is 12.1. The Morgan fingerprint density at radius 2 is 1.82 bits per heavy atom. The standard InChI is InChI=1S/C18H21NO3/c1-2-22-13-15-10-6-7-11-16(15)19-18(21)12-17(20)14-8-4-3-5-9-14/h3-11,17,20H,2,12-13H2,1H3,(H,19,21). The van der Waals surface area contributed by atoms with Crippen molar-refractivity contribution in [2.24, 2.45) is 0 Å². The predicted molar refractivity (Wildman–Crippen MR) is 86.4 cm³/mol. The Bertz CT molecular complexity index is 598. The summed E-state index contributed by atoms with van der Waals surface area (Å²) in [5.74, 6) is -0.222. The van der Waals surface area contributed by atoms with Crippen LogP contribution in [0.3, 0.4) is 0 Å². The van der Waals surface area contributed by atoms with Crippen LogP contribution in [0.4, 0.5) is 5.69 Å². The number of anilines is 1. The third-order valence-corrected chi connectivity index (χ3v) is 3.32. The minimum Gasteiger partial charge on any atom is -0.388 e. The van der Waals surface area contributed by atoms with Gasteiger partial charge in [0.25, 0.3) is 0 Å². The summed E-state index contributed by atoms with van der Waals surface area (Å²) in [5, 5.41) is 12.9. The van der Waals surface area contributed by atoms with Gasteiger partial charge >= 0.3 is 0 Å². The fourth-order valence-corrected chi connectivity index (χ4v) is 2.15. The summed E-state index contributed by atoms with van der Waals surface area (Å²) in [6, 6.07) is 16.7. The molecule has 116 valence electrons. The number of aliphatic hydroxyl groups is 1. The molecule has 0 saturated heterocycles. The molecule has 0 aromatic heterocycles. The van der Waals surface area contributed by atoms with Crippen LogP contribution in [-0.4, -0.2) is 17.6 Å². The average molecular weight is 299 g/mol. The van der Waals surface area contributed by atoms with E-state index in [2.05, 4.69) is 5.32 Å². The minimum absolute atomic E-state index is 0.0208. The Balaban J connectivity index is 1.97. The topological polar surface area (TPSA) is 58.6 Å². The van der Waals surface area contributed by atoms with Crippen LogP contribution in [0.2, 0.25) is 0 Å². The lowest BCUT2D eigenvalue weighted by molar-refractivity contribution is -0.118. The minimum atomic E-state index is -0.805. The molecule has 0 saturated carbocycles. The average Bonchev–Trinajstić information content (AvgIpc) is 2.54. The van der Waals surface area contributed by atoms with Gasteiger partial charge in [0.15, 0.2) is 0 Å². The predicted octanol–water partition coefficient (Wildman–Crippen LogP) is 3.29. The van der Waals surface area contributed by atoms with E-state index in [0.29, 0.717) is 13.2 Å². The number of para-hydroxylation sites is 1. The monoisotopic (exact) mass is 299 g/mol. The summed E-state index contributed by atoms with van der Waals surface area (Å²) in [6.07, 6.45) is -0.785. The van der Waals surface area contributed by atoms with E-state index in [0.717, 1.165) is 16.8 Å². The number of nitrogens with one attached hydrogen (secondary N) is 1. The molecule has 0 aliphatic rings. The molecule has 0 heterocycles. The number of ether oxygens (including phenoxy) is 1. The van der Waals surface area contributed by atoms with E-state index in [1.54, 1.807) is 12.1 Å². The molecule has 2 aromatic rings. The molecule has 2 rings (SSSR count). The third kappa shape index (κ3) is 4.69. The molecule has 0 spiro atoms. The Kier molecular flexibility index (Phi) is 6.13. The van der Waals surface area contributed by atoms with Gasteiger partial charge in [0.05, 0.1) is 19.1 Å². The van der Waals surface area contributed by atoms with Crippen LogP contribution in [-0.2, 0) is 16.1 Å². The molecule has 0 radical (unpaired) electrons. The summed E-state index contributed by atoms with van der Waals surface area (Å²) in [6.45, 7) is 3.00. The lowest BCUT2D eigenvalue weighted by Gasteiger charge is -2.13. The molecule has 22 heavy (non-hydrogen) atoms. The van der Waals surface area contributed by atoms with Crippen LogP contribution in [0.5, 0.6) is 0 Å². The molecule has 0 fully saturated rings. The Morgan fingerprint density at radius 1 is 1.14 bits per heavy atom. The number of aliphatic hydroxyl groups excluding tert-OH is 1. The molecule has 1 amide bonds. The Morgan fingerprint density at radius 3 is 2.55 bits per heavy atom. The molecule has 0 aliphatic carbocycles. The van der Waals surface area contributed by atoms with Crippen LogP contribution >= 0.6 is 0 Å². The van der Waals surface area contributed by atoms with Gasteiger partial charge in [-0.3, -0.25) is 4.79 Å². The number of carbonyl (C=O) groups excluding carboxylic acids is 1. The number of hydrogen-bond donors (Lipinski definition) is 2. The van der Waals surface area contributed by atoms with Gasteiger partial charge in [0.2, 0.25) is 5.91 Å². The summed E-state index contributed by atoms with van der Waals surface area (Å²) in [4.78, 5) is 12.1. The highest BCUT2D eigenvalue weighted by Gasteiger charge is 2.14. The number of rotatable bonds is 7. The second-order valence-corrected chi connectivity index (χ2v) is 4.97. The summed E-state index contributed by atoms with van der Waals surface area (Å²) >= 11 is 0. The molecule has 1 atom stereocenters. The quantitative estimate of drug-likeness (QED) is 0.825. The van der Waals surface area contributed by atoms with E-state index in [9.17, 15) is 9.90 Å². The highest BCUT2D eigenvalue weighted by Crippen LogP contribution is 2.19. The van der Waals surface area contributed by atoms with Crippen molar-refractivity contribution in [3.63, 3.8) is 0 Å². The van der Waals surface area contributed by atoms with Crippen LogP contribution in [0, 0.1) is 0 Å². The van der Waals surface area contributed by atoms with Crippen molar-refractivity contribution in [1.82, 2.24) is 0 Å². The normalized spacial score (nSPS) is 11.9. The van der Waals surface area contributed by atoms with Gasteiger partial charge in [-0.05, 0) is 18.6 Å².